The van der Waals surface area contributed by atoms with Crippen LogP contribution in [-0.4, -0.2) is 32.0 Å². The number of rotatable bonds is 8. The van der Waals surface area contributed by atoms with Gasteiger partial charge in [0.25, 0.3) is 0 Å². The van der Waals surface area contributed by atoms with Crippen molar-refractivity contribution in [2.45, 2.75) is 77.8 Å². The Balaban J connectivity index is 3.39. The average molecular weight is 454 g/mol. The number of hydrogen-bond donors (Lipinski definition) is 0. The van der Waals surface area contributed by atoms with Gasteiger partial charge >= 0.3 is 145 Å². The van der Waals surface area contributed by atoms with Crippen LogP contribution in [0.4, 0.5) is 3.50 Å². The molecule has 0 unspecified atom stereocenters. The third-order valence-corrected chi connectivity index (χ3v) is 16.8. The van der Waals surface area contributed by atoms with Crippen LogP contribution in [0.5, 0.6) is 0 Å². The fourth-order valence-corrected chi connectivity index (χ4v) is 19.0. The van der Waals surface area contributed by atoms with E-state index >= 15 is 0 Å². The second-order valence-electron chi connectivity index (χ2n) is 7.03. The van der Waals surface area contributed by atoms with E-state index in [9.17, 15) is 3.50 Å². The quantitative estimate of drug-likeness (QED) is 0.479. The SMILES string of the molecule is CC(C)[O][Zr]([O]C(C)C)([O]C(C)C)[C]1=[C]([Ge]([CH3])([CH3])[F])C=CC1. The van der Waals surface area contributed by atoms with Gasteiger partial charge in [-0.25, -0.2) is 0 Å². The summed E-state index contributed by atoms with van der Waals surface area (Å²) in [6.07, 6.45) is 4.67. The second kappa shape index (κ2) is 8.20. The maximum atomic E-state index is 14.8. The summed E-state index contributed by atoms with van der Waals surface area (Å²) in [4.78, 5) is 0. The van der Waals surface area contributed by atoms with Gasteiger partial charge in [-0.1, -0.05) is 0 Å². The Bertz CT molecular complexity index is 413. The monoisotopic (exact) mass is 454 g/mol. The summed E-state index contributed by atoms with van der Waals surface area (Å²) >= 11 is -7.50. The second-order valence-corrected chi connectivity index (χ2v) is 20.3. The van der Waals surface area contributed by atoms with Crippen molar-refractivity contribution in [1.29, 1.82) is 0 Å². The number of allylic oxidation sites excluding steroid dienone is 4. The molecule has 0 atom stereocenters. The van der Waals surface area contributed by atoms with Gasteiger partial charge < -0.3 is 0 Å². The molecule has 3 nitrogen and oxygen atoms in total. The van der Waals surface area contributed by atoms with Crippen LogP contribution >= 0.6 is 0 Å². The molecule has 22 heavy (non-hydrogen) atoms. The van der Waals surface area contributed by atoms with Crippen molar-refractivity contribution >= 4 is 13.7 Å². The van der Waals surface area contributed by atoms with E-state index in [0.29, 0.717) is 6.42 Å². The summed E-state index contributed by atoms with van der Waals surface area (Å²) in [6, 6.07) is 0. The molecule has 0 N–H and O–H groups in total. The van der Waals surface area contributed by atoms with E-state index in [1.807, 2.05) is 53.7 Å². The molecule has 1 rings (SSSR count). The van der Waals surface area contributed by atoms with E-state index in [1.54, 1.807) is 11.5 Å². The van der Waals surface area contributed by atoms with Crippen molar-refractivity contribution in [1.82, 2.24) is 0 Å². The van der Waals surface area contributed by atoms with E-state index in [2.05, 4.69) is 0 Å². The molecule has 0 aliphatic heterocycles. The topological polar surface area (TPSA) is 27.7 Å². The molecule has 0 radical (unpaired) electrons. The molecule has 0 fully saturated rings. The Hall–Kier alpha value is 0.716. The fraction of sp³-hybridized carbons (Fsp3) is 0.750. The molecule has 1 aliphatic carbocycles. The van der Waals surface area contributed by atoms with E-state index in [1.165, 1.54) is 0 Å². The first-order chi connectivity index (χ1) is 9.98. The van der Waals surface area contributed by atoms with Gasteiger partial charge in [0.05, 0.1) is 0 Å². The molecular weight excluding hydrogens is 423 g/mol. The van der Waals surface area contributed by atoms with Gasteiger partial charge in [0.15, 0.2) is 0 Å². The third-order valence-electron chi connectivity index (χ3n) is 3.11. The van der Waals surface area contributed by atoms with Crippen LogP contribution in [0, 0.1) is 0 Å². The number of hydrogen-bond acceptors (Lipinski definition) is 3. The van der Waals surface area contributed by atoms with Gasteiger partial charge in [0.1, 0.15) is 0 Å². The molecule has 1 aliphatic rings. The molecular formula is C16H31FGeO3Zr. The zero-order valence-electron chi connectivity index (χ0n) is 15.2. The molecule has 0 saturated carbocycles. The van der Waals surface area contributed by atoms with Crippen molar-refractivity contribution in [2.75, 3.05) is 0 Å². The van der Waals surface area contributed by atoms with Crippen LogP contribution in [0.3, 0.4) is 0 Å². The summed E-state index contributed by atoms with van der Waals surface area (Å²) < 4.78 is 35.6. The minimum atomic E-state index is -4.02. The molecule has 128 valence electrons. The molecule has 0 saturated heterocycles. The predicted molar refractivity (Wildman–Crippen MR) is 88.0 cm³/mol. The van der Waals surface area contributed by atoms with Crippen LogP contribution in [0.25, 0.3) is 0 Å². The molecule has 0 heterocycles. The van der Waals surface area contributed by atoms with Crippen molar-refractivity contribution in [3.05, 3.63) is 19.8 Å². The maximum absolute atomic E-state index is 14.8. The molecule has 0 aromatic rings. The molecule has 0 spiro atoms. The summed E-state index contributed by atoms with van der Waals surface area (Å²) in [5.74, 6) is 3.53. The van der Waals surface area contributed by atoms with Crippen molar-refractivity contribution in [2.24, 2.45) is 0 Å². The molecule has 6 heteroatoms. The Morgan fingerprint density at radius 1 is 0.955 bits per heavy atom. The summed E-state index contributed by atoms with van der Waals surface area (Å²) in [5.41, 5.74) is 0. The molecule has 0 amide bonds. The van der Waals surface area contributed by atoms with Crippen molar-refractivity contribution in [3.8, 4) is 0 Å². The average Bonchev–Trinajstić information content (AvgIpc) is 2.73. The van der Waals surface area contributed by atoms with Gasteiger partial charge in [-0.05, 0) is 0 Å². The van der Waals surface area contributed by atoms with Gasteiger partial charge in [-0.15, -0.1) is 0 Å². The van der Waals surface area contributed by atoms with Gasteiger partial charge in [-0.2, -0.15) is 0 Å². The van der Waals surface area contributed by atoms with Crippen LogP contribution in [-0.2, 0) is 30.0 Å². The Morgan fingerprint density at radius 3 is 1.68 bits per heavy atom. The fourth-order valence-electron chi connectivity index (χ4n) is 2.58. The zero-order chi connectivity index (χ0) is 17.1. The molecule has 0 aromatic carbocycles. The number of halogens is 1. The summed E-state index contributed by atoms with van der Waals surface area (Å²) in [6.45, 7) is 11.9. The molecule has 0 bridgehead atoms. The normalized spacial score (nSPS) is 16.7. The van der Waals surface area contributed by atoms with Crippen LogP contribution < -0.4 is 0 Å². The predicted octanol–water partition coefficient (Wildman–Crippen LogP) is 5.09. The van der Waals surface area contributed by atoms with E-state index in [0.717, 1.165) is 7.69 Å². The molecule has 0 aromatic heterocycles. The summed E-state index contributed by atoms with van der Waals surface area (Å²) in [5, 5.41) is 0. The van der Waals surface area contributed by atoms with Crippen molar-refractivity contribution < 1.29 is 33.5 Å². The van der Waals surface area contributed by atoms with Gasteiger partial charge in [0.2, 0.25) is 0 Å². The summed E-state index contributed by atoms with van der Waals surface area (Å²) in [7, 11) is 0. The first kappa shape index (κ1) is 20.8. The zero-order valence-corrected chi connectivity index (χ0v) is 19.8. The van der Waals surface area contributed by atoms with E-state index < -0.39 is 35.3 Å². The van der Waals surface area contributed by atoms with Gasteiger partial charge in [0, 0.05) is 0 Å². The Kier molecular flexibility index (Phi) is 7.74. The minimum absolute atomic E-state index is 0.00197. The van der Waals surface area contributed by atoms with Gasteiger partial charge in [-0.3, -0.25) is 0 Å². The van der Waals surface area contributed by atoms with Crippen LogP contribution in [0.15, 0.2) is 19.8 Å². The Morgan fingerprint density at radius 2 is 1.36 bits per heavy atom. The first-order valence-electron chi connectivity index (χ1n) is 8.11. The Labute approximate surface area is 144 Å². The van der Waals surface area contributed by atoms with E-state index in [4.69, 9.17) is 8.44 Å². The first-order valence-corrected chi connectivity index (χ1v) is 18.4. The standard InChI is InChI=1S/C7H10FGe.3C3H7O.Zr/c1-9(2,8)7-5-3-4-6-7;3*1-3(2)4;/h3,5H,4H2,1-2H3;3*3H,1-2H3;/q;3*-1;+3. The van der Waals surface area contributed by atoms with E-state index in [-0.39, 0.29) is 18.3 Å². The van der Waals surface area contributed by atoms with Crippen LogP contribution in [0.1, 0.15) is 48.0 Å². The van der Waals surface area contributed by atoms with Crippen LogP contribution in [0.2, 0.25) is 11.5 Å². The third kappa shape index (κ3) is 5.66. The van der Waals surface area contributed by atoms with Crippen molar-refractivity contribution in [3.63, 3.8) is 0 Å².